The zero-order valence-corrected chi connectivity index (χ0v) is 21.9. The van der Waals surface area contributed by atoms with E-state index in [-0.39, 0.29) is 39.6 Å². The second-order valence-corrected chi connectivity index (χ2v) is 17.5. The third-order valence-electron chi connectivity index (χ3n) is 10.3. The highest BCUT2D eigenvalue weighted by Crippen LogP contribution is 2.67. The summed E-state index contributed by atoms with van der Waals surface area (Å²) in [5, 5.41) is 0.0717. The molecule has 0 spiro atoms. The molecule has 3 fully saturated rings. The number of ketones is 2. The fourth-order valence-electron chi connectivity index (χ4n) is 6.81. The van der Waals surface area contributed by atoms with Crippen LogP contribution < -0.4 is 0 Å². The maximum Gasteiger partial charge on any atom is 0.192 e. The average molecular weight is 433 g/mol. The maximum absolute atomic E-state index is 13.9. The van der Waals surface area contributed by atoms with Gasteiger partial charge in [-0.25, -0.2) is 0 Å². The summed E-state index contributed by atoms with van der Waals surface area (Å²) in [6.07, 6.45) is 5.90. The van der Waals surface area contributed by atoms with Crippen molar-refractivity contribution in [3.8, 4) is 0 Å². The first-order valence-corrected chi connectivity index (χ1v) is 14.9. The molecule has 0 aromatic carbocycles. The number of carbonyl (C=O) groups excluding carboxylic acids is 2. The molecule has 0 radical (unpaired) electrons. The Kier molecular flexibility index (Phi) is 5.68. The van der Waals surface area contributed by atoms with Crippen LogP contribution in [0.2, 0.25) is 18.1 Å². The molecule has 30 heavy (non-hydrogen) atoms. The van der Waals surface area contributed by atoms with E-state index in [9.17, 15) is 9.59 Å². The van der Waals surface area contributed by atoms with E-state index in [1.54, 1.807) is 0 Å². The largest absolute Gasteiger partial charge is 0.413 e. The highest BCUT2D eigenvalue weighted by Gasteiger charge is 2.68. The van der Waals surface area contributed by atoms with Gasteiger partial charge in [0.25, 0.3) is 0 Å². The number of Topliss-reactive ketones (excluding diaryl/α,β-unsaturated/α-hetero) is 2. The Labute approximate surface area is 185 Å². The van der Waals surface area contributed by atoms with Crippen LogP contribution in [0.3, 0.4) is 0 Å². The molecule has 0 heterocycles. The number of hydrogen-bond acceptors (Lipinski definition) is 3. The first-order chi connectivity index (χ1) is 13.6. The predicted molar refractivity (Wildman–Crippen MR) is 126 cm³/mol. The highest BCUT2D eigenvalue weighted by molar-refractivity contribution is 6.74. The van der Waals surface area contributed by atoms with E-state index in [1.807, 2.05) is 6.08 Å². The van der Waals surface area contributed by atoms with Crippen molar-refractivity contribution in [2.45, 2.75) is 105 Å². The number of hydrogen-bond donors (Lipinski definition) is 0. The van der Waals surface area contributed by atoms with Crippen molar-refractivity contribution in [3.05, 3.63) is 12.7 Å². The summed E-state index contributed by atoms with van der Waals surface area (Å²) in [4.78, 5) is 27.3. The fourth-order valence-corrected chi connectivity index (χ4v) is 8.22. The molecule has 3 saturated carbocycles. The summed E-state index contributed by atoms with van der Waals surface area (Å²) in [6, 6.07) is 0. The van der Waals surface area contributed by atoms with Crippen LogP contribution in [0.15, 0.2) is 12.7 Å². The highest BCUT2D eigenvalue weighted by atomic mass is 28.4. The monoisotopic (exact) mass is 432 g/mol. The Morgan fingerprint density at radius 2 is 1.73 bits per heavy atom. The third kappa shape index (κ3) is 3.15. The van der Waals surface area contributed by atoms with Gasteiger partial charge in [-0.3, -0.25) is 9.59 Å². The lowest BCUT2D eigenvalue weighted by Crippen LogP contribution is -2.63. The van der Waals surface area contributed by atoms with Gasteiger partial charge in [-0.15, -0.1) is 6.58 Å². The number of carbonyl (C=O) groups is 2. The minimum Gasteiger partial charge on any atom is -0.413 e. The van der Waals surface area contributed by atoms with Crippen LogP contribution in [0, 0.1) is 34.0 Å². The van der Waals surface area contributed by atoms with Crippen LogP contribution in [-0.4, -0.2) is 26.0 Å². The minimum absolute atomic E-state index is 0.0717. The first-order valence-electron chi connectivity index (χ1n) is 12.0. The Bertz CT molecular complexity index is 750. The van der Waals surface area contributed by atoms with Gasteiger partial charge < -0.3 is 4.43 Å². The van der Waals surface area contributed by atoms with Gasteiger partial charge in [0.05, 0.1) is 6.10 Å². The Morgan fingerprint density at radius 3 is 2.27 bits per heavy atom. The van der Waals surface area contributed by atoms with Gasteiger partial charge in [0.1, 0.15) is 11.6 Å². The summed E-state index contributed by atoms with van der Waals surface area (Å²) in [5.74, 6) is 0.837. The van der Waals surface area contributed by atoms with Crippen molar-refractivity contribution >= 4 is 19.9 Å². The van der Waals surface area contributed by atoms with Crippen molar-refractivity contribution in [2.24, 2.45) is 34.0 Å². The van der Waals surface area contributed by atoms with Crippen LogP contribution in [0.5, 0.6) is 0 Å². The van der Waals surface area contributed by atoms with E-state index >= 15 is 0 Å². The van der Waals surface area contributed by atoms with Gasteiger partial charge in [0.15, 0.2) is 8.32 Å². The normalized spacial score (nSPS) is 45.0. The minimum atomic E-state index is -2.10. The first kappa shape index (κ1) is 23.9. The van der Waals surface area contributed by atoms with E-state index in [0.29, 0.717) is 24.5 Å². The van der Waals surface area contributed by atoms with Gasteiger partial charge in [-0.1, -0.05) is 47.6 Å². The molecule has 0 N–H and O–H groups in total. The standard InChI is InChI=1S/C26H44O3Si/c1-11-24(7)16-20(29-30(9,10)23(4,5)6)25(8)17(2)12-14-26(18(3)22(24)28)15-13-19(27)21(25)26/h11,17-18,20-21H,1,12-16H2,2-10H3/t17-,18+,20-,21+,24-,25-,26-/m1/s1. The van der Waals surface area contributed by atoms with Crippen molar-refractivity contribution < 1.29 is 14.0 Å². The summed E-state index contributed by atoms with van der Waals surface area (Å²) in [7, 11) is -2.10. The molecule has 0 unspecified atom stereocenters. The van der Waals surface area contributed by atoms with Crippen LogP contribution in [0.4, 0.5) is 0 Å². The van der Waals surface area contributed by atoms with E-state index in [4.69, 9.17) is 4.43 Å². The summed E-state index contributed by atoms with van der Waals surface area (Å²) < 4.78 is 7.16. The molecular weight excluding hydrogens is 388 g/mol. The molecule has 0 saturated heterocycles. The second kappa shape index (κ2) is 7.13. The third-order valence-corrected chi connectivity index (χ3v) is 14.8. The van der Waals surface area contributed by atoms with Crippen LogP contribution in [0.25, 0.3) is 0 Å². The van der Waals surface area contributed by atoms with Crippen LogP contribution in [0.1, 0.15) is 80.6 Å². The number of rotatable bonds is 3. The lowest BCUT2D eigenvalue weighted by atomic mass is 9.44. The van der Waals surface area contributed by atoms with Crippen molar-refractivity contribution in [1.82, 2.24) is 0 Å². The zero-order valence-electron chi connectivity index (χ0n) is 20.9. The molecule has 0 aliphatic heterocycles. The van der Waals surface area contributed by atoms with Gasteiger partial charge in [0.2, 0.25) is 0 Å². The molecule has 170 valence electrons. The summed E-state index contributed by atoms with van der Waals surface area (Å²) >= 11 is 0. The molecule has 0 aromatic heterocycles. The topological polar surface area (TPSA) is 43.4 Å². The quantitative estimate of drug-likeness (QED) is 0.374. The van der Waals surface area contributed by atoms with E-state index in [0.717, 1.165) is 19.3 Å². The Balaban J connectivity index is 2.23. The molecular formula is C26H44O3Si. The molecule has 3 rings (SSSR count). The van der Waals surface area contributed by atoms with Gasteiger partial charge >= 0.3 is 0 Å². The van der Waals surface area contributed by atoms with Crippen molar-refractivity contribution in [2.75, 3.05) is 0 Å². The van der Waals surface area contributed by atoms with Crippen LogP contribution >= 0.6 is 0 Å². The molecule has 2 bridgehead atoms. The Morgan fingerprint density at radius 1 is 1.13 bits per heavy atom. The molecule has 3 nitrogen and oxygen atoms in total. The van der Waals surface area contributed by atoms with Crippen molar-refractivity contribution in [1.29, 1.82) is 0 Å². The van der Waals surface area contributed by atoms with Crippen LogP contribution in [-0.2, 0) is 14.0 Å². The predicted octanol–water partition coefficient (Wildman–Crippen LogP) is 6.58. The average Bonchev–Trinajstić information content (AvgIpc) is 3.00. The molecule has 0 aromatic rings. The molecule has 4 heteroatoms. The lowest BCUT2D eigenvalue weighted by molar-refractivity contribution is -0.173. The molecule has 3 aliphatic rings. The summed E-state index contributed by atoms with van der Waals surface area (Å²) in [6.45, 7) is 24.3. The zero-order chi connectivity index (χ0) is 22.9. The lowest BCUT2D eigenvalue weighted by Gasteiger charge is -2.61. The smallest absolute Gasteiger partial charge is 0.192 e. The Hall–Kier alpha value is -0.743. The second-order valence-electron chi connectivity index (χ2n) is 12.7. The van der Waals surface area contributed by atoms with E-state index < -0.39 is 13.7 Å². The SMILES string of the molecule is C=C[C@]1(C)C[C@@H](O[Si](C)(C)C(C)(C)C)[C@@]2(C)[C@H](C)CC[C@@]3(CCC(=O)[C@H]32)[C@@H](C)C1=O. The van der Waals surface area contributed by atoms with Gasteiger partial charge in [-0.2, -0.15) is 0 Å². The van der Waals surface area contributed by atoms with E-state index in [2.05, 4.69) is 68.1 Å². The maximum atomic E-state index is 13.9. The number of allylic oxidation sites excluding steroid dienone is 1. The van der Waals surface area contributed by atoms with Crippen molar-refractivity contribution in [3.63, 3.8) is 0 Å². The fraction of sp³-hybridized carbons (Fsp3) is 0.846. The molecule has 0 amide bonds. The molecule has 3 aliphatic carbocycles. The molecule has 7 atom stereocenters. The van der Waals surface area contributed by atoms with Gasteiger partial charge in [-0.05, 0) is 62.1 Å². The van der Waals surface area contributed by atoms with E-state index in [1.165, 1.54) is 0 Å². The van der Waals surface area contributed by atoms with Gasteiger partial charge in [0, 0.05) is 29.1 Å². The summed E-state index contributed by atoms with van der Waals surface area (Å²) in [5.41, 5.74) is -1.08.